The number of piperazine rings is 1. The lowest BCUT2D eigenvalue weighted by molar-refractivity contribution is -0.135. The number of hydrogen-bond donors (Lipinski definition) is 3. The second kappa shape index (κ2) is 12.0. The number of benzene rings is 1. The fourth-order valence-corrected chi connectivity index (χ4v) is 6.35. The maximum atomic E-state index is 13.1. The zero-order chi connectivity index (χ0) is 28.4. The van der Waals surface area contributed by atoms with Crippen molar-refractivity contribution < 1.29 is 24.2 Å². The number of ether oxygens (including phenoxy) is 1. The summed E-state index contributed by atoms with van der Waals surface area (Å²) in [5.74, 6) is -0.0661. The van der Waals surface area contributed by atoms with Crippen molar-refractivity contribution in [2.45, 2.75) is 63.6 Å². The summed E-state index contributed by atoms with van der Waals surface area (Å²) in [7, 11) is 1.72. The third-order valence-corrected chi connectivity index (χ3v) is 8.59. The quantitative estimate of drug-likeness (QED) is 0.418. The van der Waals surface area contributed by atoms with E-state index in [1.807, 2.05) is 25.1 Å². The minimum absolute atomic E-state index is 0.206. The molecule has 218 valence electrons. The third kappa shape index (κ3) is 6.17. The molecule has 3 aliphatic rings. The molecule has 2 aliphatic heterocycles. The zero-order valence-corrected chi connectivity index (χ0v) is 23.3. The molecule has 2 saturated heterocycles. The van der Waals surface area contributed by atoms with Gasteiger partial charge in [0.25, 0.3) is 0 Å². The van der Waals surface area contributed by atoms with Gasteiger partial charge in [0.1, 0.15) is 6.04 Å². The first kappa shape index (κ1) is 28.2. The first-order chi connectivity index (χ1) is 19.2. The number of carboxylic acid groups (broad SMARTS) is 1. The lowest BCUT2D eigenvalue weighted by atomic mass is 9.87. The van der Waals surface area contributed by atoms with E-state index in [1.54, 1.807) is 11.6 Å². The van der Waals surface area contributed by atoms with Crippen LogP contribution in [-0.4, -0.2) is 88.5 Å². The van der Waals surface area contributed by atoms with Crippen molar-refractivity contribution in [3.05, 3.63) is 28.7 Å². The molecule has 0 radical (unpaired) electrons. The van der Waals surface area contributed by atoms with Crippen LogP contribution in [0.15, 0.2) is 23.0 Å². The van der Waals surface area contributed by atoms with Crippen molar-refractivity contribution >= 4 is 34.6 Å². The highest BCUT2D eigenvalue weighted by molar-refractivity contribution is 6.00. The molecule has 2 aromatic rings. The van der Waals surface area contributed by atoms with E-state index in [4.69, 9.17) is 9.84 Å². The number of carbonyl (C=O) groups excluding carboxylic acids is 2. The molecule has 1 saturated carbocycles. The molecular formula is C28H40N6O6. The Kier molecular flexibility index (Phi) is 8.46. The Balaban J connectivity index is 1.13. The van der Waals surface area contributed by atoms with Gasteiger partial charge in [-0.1, -0.05) is 0 Å². The van der Waals surface area contributed by atoms with Gasteiger partial charge < -0.3 is 20.1 Å². The van der Waals surface area contributed by atoms with Gasteiger partial charge in [-0.2, -0.15) is 0 Å². The highest BCUT2D eigenvalue weighted by Crippen LogP contribution is 2.29. The lowest BCUT2D eigenvalue weighted by Crippen LogP contribution is -2.48. The summed E-state index contributed by atoms with van der Waals surface area (Å²) in [4.78, 5) is 52.7. The van der Waals surface area contributed by atoms with Crippen molar-refractivity contribution in [3.8, 4) is 0 Å². The van der Waals surface area contributed by atoms with Gasteiger partial charge in [-0.3, -0.25) is 28.9 Å². The number of aromatic nitrogens is 2. The number of piperidine rings is 1. The highest BCUT2D eigenvalue weighted by atomic mass is 16.5. The molecule has 0 bridgehead atoms. The molecule has 0 spiro atoms. The number of imide groups is 1. The topological polar surface area (TPSA) is 138 Å². The van der Waals surface area contributed by atoms with Crippen LogP contribution in [0.4, 0.5) is 10.5 Å². The Morgan fingerprint density at radius 1 is 1.07 bits per heavy atom. The van der Waals surface area contributed by atoms with Gasteiger partial charge in [0, 0.05) is 51.9 Å². The number of imidazole rings is 1. The molecule has 3 fully saturated rings. The van der Waals surface area contributed by atoms with Crippen LogP contribution in [0.3, 0.4) is 0 Å². The zero-order valence-electron chi connectivity index (χ0n) is 23.3. The summed E-state index contributed by atoms with van der Waals surface area (Å²) < 4.78 is 9.04. The van der Waals surface area contributed by atoms with Crippen LogP contribution < -0.4 is 21.2 Å². The smallest absolute Gasteiger partial charge is 0.404 e. The minimum atomic E-state index is -1.02. The predicted molar refractivity (Wildman–Crippen MR) is 150 cm³/mol. The Morgan fingerprint density at radius 3 is 2.48 bits per heavy atom. The molecule has 2 atom stereocenters. The molecule has 12 nitrogen and oxygen atoms in total. The average molecular weight is 557 g/mol. The Labute approximate surface area is 233 Å². The van der Waals surface area contributed by atoms with Crippen LogP contribution in [0.25, 0.3) is 11.0 Å². The minimum Gasteiger partial charge on any atom is -0.465 e. The van der Waals surface area contributed by atoms with Gasteiger partial charge in [-0.15, -0.1) is 0 Å². The Hall–Kier alpha value is -3.38. The summed E-state index contributed by atoms with van der Waals surface area (Å²) in [6, 6.07) is 5.09. The molecule has 3 N–H and O–H groups in total. The molecule has 1 aromatic carbocycles. The van der Waals surface area contributed by atoms with Crippen molar-refractivity contribution in [2.24, 2.45) is 13.0 Å². The summed E-state index contributed by atoms with van der Waals surface area (Å²) >= 11 is 0. The van der Waals surface area contributed by atoms with Gasteiger partial charge in [0.2, 0.25) is 11.8 Å². The number of rotatable bonds is 8. The van der Waals surface area contributed by atoms with Crippen molar-refractivity contribution in [1.82, 2.24) is 24.7 Å². The maximum Gasteiger partial charge on any atom is 0.404 e. The predicted octanol–water partition coefficient (Wildman–Crippen LogP) is 1.67. The molecule has 3 heterocycles. The number of nitrogens with one attached hydrogen (secondary N) is 2. The third-order valence-electron chi connectivity index (χ3n) is 8.59. The first-order valence-electron chi connectivity index (χ1n) is 14.3. The van der Waals surface area contributed by atoms with Gasteiger partial charge >= 0.3 is 11.8 Å². The second-order valence-electron chi connectivity index (χ2n) is 11.5. The molecule has 5 rings (SSSR count). The van der Waals surface area contributed by atoms with Crippen LogP contribution in [0.1, 0.15) is 51.5 Å². The van der Waals surface area contributed by atoms with Crippen molar-refractivity contribution in [2.75, 3.05) is 44.2 Å². The van der Waals surface area contributed by atoms with Crippen LogP contribution in [-0.2, 0) is 21.4 Å². The van der Waals surface area contributed by atoms with E-state index in [9.17, 15) is 19.2 Å². The first-order valence-corrected chi connectivity index (χ1v) is 14.3. The van der Waals surface area contributed by atoms with Gasteiger partial charge in [-0.05, 0) is 63.1 Å². The highest BCUT2D eigenvalue weighted by Gasteiger charge is 2.32. The number of carbonyl (C=O) groups is 3. The molecule has 3 amide bonds. The maximum absolute atomic E-state index is 13.1. The lowest BCUT2D eigenvalue weighted by Gasteiger charge is -2.39. The number of hydrogen-bond acceptors (Lipinski definition) is 7. The number of aryl methyl sites for hydroxylation is 1. The van der Waals surface area contributed by atoms with E-state index in [-0.39, 0.29) is 30.2 Å². The van der Waals surface area contributed by atoms with E-state index in [1.165, 1.54) is 4.57 Å². The molecule has 1 aromatic heterocycles. The van der Waals surface area contributed by atoms with Crippen molar-refractivity contribution in [3.63, 3.8) is 0 Å². The van der Waals surface area contributed by atoms with Gasteiger partial charge in [0.15, 0.2) is 0 Å². The van der Waals surface area contributed by atoms with Gasteiger partial charge in [0.05, 0.1) is 29.8 Å². The van der Waals surface area contributed by atoms with Crippen LogP contribution in [0, 0.1) is 5.92 Å². The fraction of sp³-hybridized carbons (Fsp3) is 0.643. The van der Waals surface area contributed by atoms with Crippen LogP contribution in [0.2, 0.25) is 0 Å². The molecule has 12 heteroatoms. The molecule has 1 unspecified atom stereocenters. The van der Waals surface area contributed by atoms with Crippen LogP contribution >= 0.6 is 0 Å². The molecule has 40 heavy (non-hydrogen) atoms. The summed E-state index contributed by atoms with van der Waals surface area (Å²) in [6.07, 6.45) is 4.02. The van der Waals surface area contributed by atoms with Gasteiger partial charge in [-0.25, -0.2) is 9.59 Å². The number of nitrogens with zero attached hydrogens (tertiary/aromatic N) is 4. The van der Waals surface area contributed by atoms with E-state index in [0.717, 1.165) is 69.6 Å². The van der Waals surface area contributed by atoms with E-state index >= 15 is 0 Å². The number of anilines is 1. The van der Waals surface area contributed by atoms with E-state index in [0.29, 0.717) is 24.5 Å². The normalized spacial score (nSPS) is 25.1. The Morgan fingerprint density at radius 2 is 1.80 bits per heavy atom. The monoisotopic (exact) mass is 556 g/mol. The summed E-state index contributed by atoms with van der Waals surface area (Å²) in [6.45, 7) is 7.06. The van der Waals surface area contributed by atoms with Crippen LogP contribution in [0.5, 0.6) is 0 Å². The Bertz CT molecular complexity index is 1300. The van der Waals surface area contributed by atoms with Crippen molar-refractivity contribution in [1.29, 1.82) is 0 Å². The molecular weight excluding hydrogens is 516 g/mol. The average Bonchev–Trinajstić information content (AvgIpc) is 3.17. The number of fused-ring (bicyclic) bond motifs is 1. The fourth-order valence-electron chi connectivity index (χ4n) is 6.35. The standard InChI is InChI=1S/C28H40N6O6/c1-18(29-27(37)38)17-40-21-6-3-19(4-7-21)16-32-11-13-33(14-12-32)20-5-8-22-24(15-20)31(2)28(39)34(22)23-9-10-25(35)30-26(23)36/h5,8,15,18-19,21,23,29H,3-4,6-7,9-14,16-17H2,1-2H3,(H,37,38)(H,30,35,36)/t18-,19?,21?,23?/m1/s1. The number of amides is 3. The summed E-state index contributed by atoms with van der Waals surface area (Å²) in [5.41, 5.74) is 2.30. The van der Waals surface area contributed by atoms with E-state index in [2.05, 4.69) is 20.4 Å². The second-order valence-corrected chi connectivity index (χ2v) is 11.5. The largest absolute Gasteiger partial charge is 0.465 e. The summed E-state index contributed by atoms with van der Waals surface area (Å²) in [5, 5.41) is 13.6. The SMILES string of the molecule is C[C@H](COC1CCC(CN2CCN(c3ccc4c(c3)n(C)c(=O)n4C3CCC(=O)NC3=O)CC2)CC1)NC(=O)O. The molecule has 1 aliphatic carbocycles. The van der Waals surface area contributed by atoms with E-state index < -0.39 is 18.0 Å².